The molecule has 26 heavy (non-hydrogen) atoms. The van der Waals surface area contributed by atoms with Crippen LogP contribution in [0.4, 0.5) is 0 Å². The summed E-state index contributed by atoms with van der Waals surface area (Å²) in [5, 5.41) is 0. The van der Waals surface area contributed by atoms with Crippen molar-refractivity contribution in [3.8, 4) is 0 Å². The Labute approximate surface area is 170 Å². The zero-order valence-electron chi connectivity index (χ0n) is 17.6. The van der Waals surface area contributed by atoms with E-state index in [-0.39, 0.29) is 12.4 Å². The molecule has 0 atom stereocenters. The summed E-state index contributed by atoms with van der Waals surface area (Å²) < 4.78 is 0. The van der Waals surface area contributed by atoms with Crippen LogP contribution in [0, 0.1) is 0 Å². The lowest BCUT2D eigenvalue weighted by Crippen LogP contribution is -2.21. The average Bonchev–Trinajstić information content (AvgIpc) is 2.63. The van der Waals surface area contributed by atoms with Crippen molar-refractivity contribution in [2.45, 2.75) is 96.8 Å². The van der Waals surface area contributed by atoms with E-state index in [1.807, 2.05) is 0 Å². The molecule has 0 saturated carbocycles. The number of halogens is 1. The molecule has 0 fully saturated rings. The van der Waals surface area contributed by atoms with Crippen molar-refractivity contribution in [2.75, 3.05) is 20.1 Å². The quantitative estimate of drug-likeness (QED) is 0.250. The highest BCUT2D eigenvalue weighted by Crippen LogP contribution is 2.12. The topological polar surface area (TPSA) is 3.24 Å². The first-order chi connectivity index (χ1) is 12.3. The lowest BCUT2D eigenvalue weighted by atomic mass is 10.1. The molecule has 0 bridgehead atoms. The fourth-order valence-corrected chi connectivity index (χ4v) is 3.53. The van der Waals surface area contributed by atoms with Crippen LogP contribution in [0.15, 0.2) is 30.3 Å². The molecule has 0 aromatic heterocycles. The second-order valence-electron chi connectivity index (χ2n) is 7.78. The first-order valence-corrected chi connectivity index (χ1v) is 11.1. The maximum Gasteiger partial charge on any atom is -0.00186 e. The number of nitrogens with zero attached hydrogens (tertiary/aromatic N) is 1. The van der Waals surface area contributed by atoms with Crippen LogP contribution in [0.5, 0.6) is 0 Å². The van der Waals surface area contributed by atoms with Crippen LogP contribution in [-0.2, 0) is 6.42 Å². The fraction of sp³-hybridized carbons (Fsp3) is 0.750. The molecule has 1 nitrogen and oxygen atoms in total. The van der Waals surface area contributed by atoms with Gasteiger partial charge >= 0.3 is 0 Å². The monoisotopic (exact) mass is 381 g/mol. The van der Waals surface area contributed by atoms with Crippen molar-refractivity contribution in [2.24, 2.45) is 0 Å². The molecule has 0 unspecified atom stereocenters. The van der Waals surface area contributed by atoms with Crippen LogP contribution in [0.2, 0.25) is 0 Å². The normalized spacial score (nSPS) is 10.9. The summed E-state index contributed by atoms with van der Waals surface area (Å²) in [6.07, 6.45) is 19.7. The second-order valence-corrected chi connectivity index (χ2v) is 7.78. The van der Waals surface area contributed by atoms with Crippen LogP contribution in [0.25, 0.3) is 0 Å². The molecule has 0 saturated heterocycles. The minimum absolute atomic E-state index is 0. The van der Waals surface area contributed by atoms with Crippen LogP contribution in [-0.4, -0.2) is 25.0 Å². The molecule has 152 valence electrons. The number of hydrogen-bond acceptors (Lipinski definition) is 1. The van der Waals surface area contributed by atoms with Crippen molar-refractivity contribution in [3.63, 3.8) is 0 Å². The van der Waals surface area contributed by atoms with E-state index in [2.05, 4.69) is 49.2 Å². The van der Waals surface area contributed by atoms with Crippen LogP contribution in [0.1, 0.15) is 96.0 Å². The number of hydrogen-bond donors (Lipinski definition) is 0. The Morgan fingerprint density at radius 1 is 0.615 bits per heavy atom. The van der Waals surface area contributed by atoms with Gasteiger partial charge in [-0.2, -0.15) is 0 Å². The summed E-state index contributed by atoms with van der Waals surface area (Å²) >= 11 is 0. The number of benzene rings is 1. The Kier molecular flexibility index (Phi) is 18.8. The molecule has 0 radical (unpaired) electrons. The smallest absolute Gasteiger partial charge is 0.00186 e. The molecule has 0 amide bonds. The van der Waals surface area contributed by atoms with Gasteiger partial charge in [-0.25, -0.2) is 0 Å². The third kappa shape index (κ3) is 15.7. The molecule has 0 aliphatic heterocycles. The third-order valence-corrected chi connectivity index (χ3v) is 5.24. The van der Waals surface area contributed by atoms with Crippen molar-refractivity contribution >= 4 is 12.4 Å². The van der Waals surface area contributed by atoms with E-state index < -0.39 is 0 Å². The molecule has 1 aromatic carbocycles. The molecule has 2 heteroatoms. The van der Waals surface area contributed by atoms with Gasteiger partial charge < -0.3 is 4.90 Å². The van der Waals surface area contributed by atoms with Crippen molar-refractivity contribution in [3.05, 3.63) is 35.9 Å². The fourth-order valence-electron chi connectivity index (χ4n) is 3.53. The lowest BCUT2D eigenvalue weighted by molar-refractivity contribution is 0.319. The standard InChI is InChI=1S/C24H43N.ClH/c1-3-4-5-6-7-8-9-10-11-12-13-17-22-25(2)23-18-21-24-19-15-14-16-20-24;/h14-16,19-20H,3-13,17-18,21-23H2,1-2H3;1H. The highest BCUT2D eigenvalue weighted by Gasteiger charge is 1.99. The molecule has 0 heterocycles. The van der Waals surface area contributed by atoms with Gasteiger partial charge in [0.15, 0.2) is 0 Å². The average molecular weight is 382 g/mol. The predicted molar refractivity (Wildman–Crippen MR) is 121 cm³/mol. The first-order valence-electron chi connectivity index (χ1n) is 11.1. The Morgan fingerprint density at radius 2 is 1.08 bits per heavy atom. The second kappa shape index (κ2) is 19.2. The minimum atomic E-state index is 0. The number of unbranched alkanes of at least 4 members (excludes halogenated alkanes) is 11. The zero-order chi connectivity index (χ0) is 18.0. The van der Waals surface area contributed by atoms with E-state index in [9.17, 15) is 0 Å². The third-order valence-electron chi connectivity index (χ3n) is 5.24. The van der Waals surface area contributed by atoms with E-state index in [1.54, 1.807) is 0 Å². The maximum absolute atomic E-state index is 2.51. The summed E-state index contributed by atoms with van der Waals surface area (Å²) in [7, 11) is 2.28. The van der Waals surface area contributed by atoms with E-state index in [0.29, 0.717) is 0 Å². The van der Waals surface area contributed by atoms with Gasteiger partial charge in [0.25, 0.3) is 0 Å². The van der Waals surface area contributed by atoms with E-state index in [0.717, 1.165) is 0 Å². The molecule has 1 aromatic rings. The summed E-state index contributed by atoms with van der Waals surface area (Å²) in [4.78, 5) is 2.51. The zero-order valence-corrected chi connectivity index (χ0v) is 18.4. The highest BCUT2D eigenvalue weighted by atomic mass is 35.5. The van der Waals surface area contributed by atoms with Gasteiger partial charge in [-0.05, 0) is 45.0 Å². The summed E-state index contributed by atoms with van der Waals surface area (Å²) in [6.45, 7) is 4.79. The summed E-state index contributed by atoms with van der Waals surface area (Å²) in [6, 6.07) is 10.9. The van der Waals surface area contributed by atoms with Crippen molar-refractivity contribution in [1.29, 1.82) is 0 Å². The Hall–Kier alpha value is -0.530. The maximum atomic E-state index is 2.51. The Morgan fingerprint density at radius 3 is 1.62 bits per heavy atom. The van der Waals surface area contributed by atoms with Gasteiger partial charge in [0.05, 0.1) is 0 Å². The van der Waals surface area contributed by atoms with E-state index >= 15 is 0 Å². The number of rotatable bonds is 17. The van der Waals surface area contributed by atoms with E-state index in [4.69, 9.17) is 0 Å². The summed E-state index contributed by atoms with van der Waals surface area (Å²) in [5.41, 5.74) is 1.47. The van der Waals surface area contributed by atoms with Gasteiger partial charge in [0.1, 0.15) is 0 Å². The predicted octanol–water partition coefficient (Wildman–Crippen LogP) is 7.67. The van der Waals surface area contributed by atoms with Gasteiger partial charge in [-0.15, -0.1) is 12.4 Å². The van der Waals surface area contributed by atoms with Gasteiger partial charge in [-0.3, -0.25) is 0 Å². The molecule has 0 N–H and O–H groups in total. The molecule has 0 aliphatic carbocycles. The molecular formula is C24H44ClN. The molecule has 0 spiro atoms. The van der Waals surface area contributed by atoms with Crippen LogP contribution >= 0.6 is 12.4 Å². The van der Waals surface area contributed by atoms with Crippen LogP contribution in [0.3, 0.4) is 0 Å². The summed E-state index contributed by atoms with van der Waals surface area (Å²) in [5.74, 6) is 0. The first kappa shape index (κ1) is 25.5. The minimum Gasteiger partial charge on any atom is -0.306 e. The highest BCUT2D eigenvalue weighted by molar-refractivity contribution is 5.85. The largest absolute Gasteiger partial charge is 0.306 e. The van der Waals surface area contributed by atoms with Gasteiger partial charge in [0, 0.05) is 0 Å². The van der Waals surface area contributed by atoms with Gasteiger partial charge in [0.2, 0.25) is 0 Å². The Bertz CT molecular complexity index is 379. The molecule has 0 aliphatic rings. The molecular weight excluding hydrogens is 338 g/mol. The van der Waals surface area contributed by atoms with Gasteiger partial charge in [-0.1, -0.05) is 108 Å². The lowest BCUT2D eigenvalue weighted by Gasteiger charge is -2.16. The van der Waals surface area contributed by atoms with Crippen LogP contribution < -0.4 is 0 Å². The SMILES string of the molecule is CCCCCCCCCCCCCCN(C)CCCc1ccccc1.Cl. The van der Waals surface area contributed by atoms with Crippen molar-refractivity contribution < 1.29 is 0 Å². The molecule has 1 rings (SSSR count). The van der Waals surface area contributed by atoms with E-state index in [1.165, 1.54) is 109 Å². The van der Waals surface area contributed by atoms with Crippen molar-refractivity contribution in [1.82, 2.24) is 4.90 Å². The Balaban J connectivity index is 0.00000625. The number of aryl methyl sites for hydroxylation is 1.